The van der Waals surface area contributed by atoms with Crippen LogP contribution >= 0.6 is 23.2 Å². The van der Waals surface area contributed by atoms with Gasteiger partial charge in [0.15, 0.2) is 0 Å². The average Bonchev–Trinajstić information content (AvgIpc) is 3.01. The Hall–Kier alpha value is -3.06. The fourth-order valence-electron chi connectivity index (χ4n) is 7.30. The van der Waals surface area contributed by atoms with E-state index >= 15 is 0 Å². The second kappa shape index (κ2) is 12.9. The number of nitrogens with zero attached hydrogens (tertiary/aromatic N) is 7. The minimum atomic E-state index is -0.249. The van der Waals surface area contributed by atoms with Crippen molar-refractivity contribution in [3.8, 4) is 12.1 Å². The van der Waals surface area contributed by atoms with Crippen molar-refractivity contribution >= 4 is 40.6 Å². The van der Waals surface area contributed by atoms with Crippen LogP contribution in [0.3, 0.4) is 0 Å². The normalized spacial score (nSPS) is 25.9. The first-order valence-corrected chi connectivity index (χ1v) is 16.1. The molecule has 6 rings (SSSR count). The molecule has 228 valence electrons. The third kappa shape index (κ3) is 6.02. The van der Waals surface area contributed by atoms with E-state index in [0.29, 0.717) is 54.2 Å². The van der Waals surface area contributed by atoms with Gasteiger partial charge in [-0.25, -0.2) is 0 Å². The minimum Gasteiger partial charge on any atom is -0.460 e. The monoisotopic (exact) mass is 623 g/mol. The van der Waals surface area contributed by atoms with E-state index in [9.17, 15) is 10.1 Å². The summed E-state index contributed by atoms with van der Waals surface area (Å²) in [6.45, 7) is 7.70. The lowest BCUT2D eigenvalue weighted by Gasteiger charge is -2.47. The fourth-order valence-corrected chi connectivity index (χ4v) is 7.72. The number of benzene rings is 1. The van der Waals surface area contributed by atoms with E-state index in [1.807, 2.05) is 12.1 Å². The highest BCUT2D eigenvalue weighted by Crippen LogP contribution is 2.39. The van der Waals surface area contributed by atoms with Gasteiger partial charge in [-0.1, -0.05) is 42.3 Å². The molecule has 4 heterocycles. The predicted octanol–water partition coefficient (Wildman–Crippen LogP) is 5.10. The van der Waals surface area contributed by atoms with Crippen molar-refractivity contribution in [2.75, 3.05) is 49.6 Å². The molecule has 3 fully saturated rings. The highest BCUT2D eigenvalue weighted by Gasteiger charge is 2.40. The number of carbonyl (C=O) groups is 1. The summed E-state index contributed by atoms with van der Waals surface area (Å²) in [6, 6.07) is 8.67. The Bertz CT molecular complexity index is 1410. The Balaban J connectivity index is 1.34. The largest absolute Gasteiger partial charge is 0.460 e. The molecular formula is C32H39Cl2N7O2. The first-order chi connectivity index (χ1) is 20.9. The third-order valence-corrected chi connectivity index (χ3v) is 10.5. The number of carbonyl (C=O) groups excluding carboxylic acids is 1. The number of rotatable bonds is 7. The first kappa shape index (κ1) is 30.0. The lowest BCUT2D eigenvalue weighted by Crippen LogP contribution is -2.55. The molecule has 4 aliphatic rings. The maximum atomic E-state index is 12.6. The molecule has 1 aromatic carbocycles. The molecule has 9 nitrogen and oxygen atoms in total. The van der Waals surface area contributed by atoms with Gasteiger partial charge in [-0.3, -0.25) is 4.79 Å². The Morgan fingerprint density at radius 1 is 1.14 bits per heavy atom. The van der Waals surface area contributed by atoms with Gasteiger partial charge in [-0.15, -0.1) is 0 Å². The molecule has 1 saturated carbocycles. The molecule has 0 spiro atoms. The van der Waals surface area contributed by atoms with E-state index in [-0.39, 0.29) is 24.5 Å². The molecule has 3 aliphatic heterocycles. The maximum absolute atomic E-state index is 12.6. The molecule has 2 aromatic rings. The summed E-state index contributed by atoms with van der Waals surface area (Å²) in [5.74, 6) is 1.16. The van der Waals surface area contributed by atoms with Crippen LogP contribution in [-0.4, -0.2) is 83.6 Å². The van der Waals surface area contributed by atoms with Crippen LogP contribution in [0, 0.1) is 17.2 Å². The molecule has 0 bridgehead atoms. The number of likely N-dealkylation sites (tertiary alicyclic amines) is 1. The molecule has 43 heavy (non-hydrogen) atoms. The van der Waals surface area contributed by atoms with Crippen LogP contribution in [0.4, 0.5) is 11.5 Å². The molecule has 1 amide bonds. The number of piperazine rings is 1. The molecular weight excluding hydrogens is 585 g/mol. The highest BCUT2D eigenvalue weighted by atomic mass is 35.5. The lowest BCUT2D eigenvalue weighted by molar-refractivity contribution is -0.128. The molecule has 1 aromatic heterocycles. The van der Waals surface area contributed by atoms with Crippen molar-refractivity contribution in [1.29, 1.82) is 5.26 Å². The Labute approximate surface area is 264 Å². The molecule has 3 unspecified atom stereocenters. The van der Waals surface area contributed by atoms with Crippen LogP contribution in [0.25, 0.3) is 0 Å². The number of halogens is 2. The molecule has 0 radical (unpaired) electrons. The number of fused-ring (bicyclic) bond motifs is 1. The van der Waals surface area contributed by atoms with Crippen molar-refractivity contribution in [3.05, 3.63) is 52.2 Å². The molecule has 4 atom stereocenters. The molecule has 2 saturated heterocycles. The summed E-state index contributed by atoms with van der Waals surface area (Å²) in [7, 11) is 2.21. The molecule has 0 N–H and O–H groups in total. The summed E-state index contributed by atoms with van der Waals surface area (Å²) in [5.41, 5.74) is 2.88. The Morgan fingerprint density at radius 3 is 2.72 bits per heavy atom. The van der Waals surface area contributed by atoms with E-state index in [2.05, 4.69) is 34.4 Å². The van der Waals surface area contributed by atoms with Gasteiger partial charge in [0, 0.05) is 43.7 Å². The minimum absolute atomic E-state index is 0.0721. The SMILES string of the molecule is C=CC(=O)N1CCN(c2nc(OC3CCCCC3C3CCN3C)nc3c2CCN(c2cccc(Cl)c2Cl)C3)C[C@@H]1CC#N. The lowest BCUT2D eigenvalue weighted by atomic mass is 9.77. The van der Waals surface area contributed by atoms with Crippen molar-refractivity contribution in [3.63, 3.8) is 0 Å². The van der Waals surface area contributed by atoms with E-state index in [0.717, 1.165) is 61.5 Å². The third-order valence-electron chi connectivity index (χ3n) is 9.71. The molecule has 1 aliphatic carbocycles. The van der Waals surface area contributed by atoms with Crippen LogP contribution in [0.15, 0.2) is 30.9 Å². The fraction of sp³-hybridized carbons (Fsp3) is 0.562. The second-order valence-corrected chi connectivity index (χ2v) is 12.9. The van der Waals surface area contributed by atoms with Gasteiger partial charge in [0.1, 0.15) is 11.9 Å². The standard InChI is InChI=1S/C32H39Cl2N7O2/c1-3-29(42)41-18-17-40(19-21(41)11-14-35)31-22-12-16-39(27-9-6-8-24(33)30(27)34)20-25(22)36-32(37-31)43-28-10-5-4-7-23(28)26-13-15-38(26)2/h3,6,8-9,21,23,26,28H,1,4-5,7,10-13,15-20H2,2H3/t21-,23?,26?,28?/m0/s1. The zero-order chi connectivity index (χ0) is 30.1. The number of ether oxygens (including phenoxy) is 1. The maximum Gasteiger partial charge on any atom is 0.318 e. The van der Waals surface area contributed by atoms with Gasteiger partial charge in [-0.05, 0) is 63.9 Å². The van der Waals surface area contributed by atoms with Crippen molar-refractivity contribution in [2.24, 2.45) is 5.92 Å². The summed E-state index contributed by atoms with van der Waals surface area (Å²) >= 11 is 13.0. The number of anilines is 2. The van der Waals surface area contributed by atoms with Crippen LogP contribution in [-0.2, 0) is 17.8 Å². The quantitative estimate of drug-likeness (QED) is 0.393. The number of hydrogen-bond donors (Lipinski definition) is 0. The zero-order valence-corrected chi connectivity index (χ0v) is 26.2. The smallest absolute Gasteiger partial charge is 0.318 e. The van der Waals surface area contributed by atoms with Crippen molar-refractivity contribution in [1.82, 2.24) is 19.8 Å². The Kier molecular flexibility index (Phi) is 8.99. The average molecular weight is 625 g/mol. The van der Waals surface area contributed by atoms with Gasteiger partial charge in [0.05, 0.1) is 46.5 Å². The highest BCUT2D eigenvalue weighted by molar-refractivity contribution is 6.43. The van der Waals surface area contributed by atoms with Crippen LogP contribution in [0.1, 0.15) is 49.8 Å². The summed E-state index contributed by atoms with van der Waals surface area (Å²) in [4.78, 5) is 31.3. The topological polar surface area (TPSA) is 88.8 Å². The predicted molar refractivity (Wildman–Crippen MR) is 169 cm³/mol. The van der Waals surface area contributed by atoms with Gasteiger partial charge in [0.25, 0.3) is 0 Å². The van der Waals surface area contributed by atoms with Gasteiger partial charge in [-0.2, -0.15) is 15.2 Å². The van der Waals surface area contributed by atoms with Gasteiger partial charge >= 0.3 is 6.01 Å². The second-order valence-electron chi connectivity index (χ2n) is 12.1. The number of amides is 1. The van der Waals surface area contributed by atoms with Crippen LogP contribution in [0.5, 0.6) is 6.01 Å². The van der Waals surface area contributed by atoms with Crippen molar-refractivity contribution < 1.29 is 9.53 Å². The summed E-state index contributed by atoms with van der Waals surface area (Å²) < 4.78 is 6.73. The van der Waals surface area contributed by atoms with Gasteiger partial charge in [0.2, 0.25) is 5.91 Å². The van der Waals surface area contributed by atoms with Crippen LogP contribution in [0.2, 0.25) is 10.0 Å². The Morgan fingerprint density at radius 2 is 1.98 bits per heavy atom. The van der Waals surface area contributed by atoms with Crippen molar-refractivity contribution in [2.45, 2.75) is 69.7 Å². The summed E-state index contributed by atoms with van der Waals surface area (Å²) in [5, 5.41) is 10.6. The van der Waals surface area contributed by atoms with E-state index in [1.165, 1.54) is 18.9 Å². The number of nitriles is 1. The van der Waals surface area contributed by atoms with Gasteiger partial charge < -0.3 is 24.3 Å². The zero-order valence-electron chi connectivity index (χ0n) is 24.7. The number of aromatic nitrogens is 2. The van der Waals surface area contributed by atoms with E-state index < -0.39 is 0 Å². The van der Waals surface area contributed by atoms with E-state index in [4.69, 9.17) is 37.9 Å². The molecule has 11 heteroatoms. The van der Waals surface area contributed by atoms with Crippen LogP contribution < -0.4 is 14.5 Å². The number of hydrogen-bond acceptors (Lipinski definition) is 8. The van der Waals surface area contributed by atoms with E-state index in [1.54, 1.807) is 11.0 Å². The summed E-state index contributed by atoms with van der Waals surface area (Å²) in [6.07, 6.45) is 8.11. The first-order valence-electron chi connectivity index (χ1n) is 15.4.